The Balaban J connectivity index is 1.46. The van der Waals surface area contributed by atoms with Gasteiger partial charge in [0.1, 0.15) is 0 Å². The maximum Gasteiger partial charge on any atom is 0.0650 e. The second kappa shape index (κ2) is 6.36. The van der Waals surface area contributed by atoms with Gasteiger partial charge in [-0.1, -0.05) is 35.9 Å². The first-order valence-electron chi connectivity index (χ1n) is 7.47. The summed E-state index contributed by atoms with van der Waals surface area (Å²) in [5.74, 6) is 0. The van der Waals surface area contributed by atoms with Gasteiger partial charge in [0.05, 0.1) is 13.2 Å². The van der Waals surface area contributed by atoms with E-state index in [1.807, 2.05) is 0 Å². The molecule has 0 bridgehead atoms. The molecule has 1 aromatic rings. The number of ether oxygens (including phenoxy) is 1. The molecule has 3 rings (SSSR count). The number of rotatable bonds is 4. The van der Waals surface area contributed by atoms with Crippen molar-refractivity contribution >= 4 is 0 Å². The highest BCUT2D eigenvalue weighted by atomic mass is 16.5. The van der Waals surface area contributed by atoms with Gasteiger partial charge in [-0.05, 0) is 49.8 Å². The predicted octanol–water partition coefficient (Wildman–Crippen LogP) is 2.87. The first-order valence-corrected chi connectivity index (χ1v) is 7.47. The molecule has 0 radical (unpaired) electrons. The summed E-state index contributed by atoms with van der Waals surface area (Å²) < 4.78 is 5.34. The van der Waals surface area contributed by atoms with Crippen molar-refractivity contribution in [3.05, 3.63) is 47.0 Å². The normalized spacial score (nSPS) is 22.7. The largest absolute Gasteiger partial charge is 0.377 e. The Morgan fingerprint density at radius 1 is 1.16 bits per heavy atom. The van der Waals surface area contributed by atoms with Crippen LogP contribution in [0.15, 0.2) is 35.9 Å². The topological polar surface area (TPSA) is 21.3 Å². The minimum atomic E-state index is 0.662. The maximum atomic E-state index is 5.34. The first kappa shape index (κ1) is 12.9. The van der Waals surface area contributed by atoms with Gasteiger partial charge in [0.2, 0.25) is 0 Å². The van der Waals surface area contributed by atoms with Gasteiger partial charge in [-0.3, -0.25) is 0 Å². The summed E-state index contributed by atoms with van der Waals surface area (Å²) in [4.78, 5) is 0. The summed E-state index contributed by atoms with van der Waals surface area (Å²) in [6.45, 7) is 2.83. The van der Waals surface area contributed by atoms with Crippen molar-refractivity contribution in [2.45, 2.75) is 38.1 Å². The zero-order chi connectivity index (χ0) is 12.9. The molecule has 0 amide bonds. The predicted molar refractivity (Wildman–Crippen MR) is 78.4 cm³/mol. The lowest BCUT2D eigenvalue weighted by atomic mass is 9.88. The molecule has 0 aromatic heterocycles. The third-order valence-corrected chi connectivity index (χ3v) is 4.28. The Bertz CT molecular complexity index is 452. The summed E-state index contributed by atoms with van der Waals surface area (Å²) in [6, 6.07) is 9.54. The standard InChI is InChI=1S/C17H23NO/c1-2-4-16-13-17(6-5-15(16)3-1)18-10-7-14-8-11-19-12-9-14/h1-4,8,17-18H,5-7,9-13H2. The Morgan fingerprint density at radius 2 is 2.05 bits per heavy atom. The van der Waals surface area contributed by atoms with E-state index >= 15 is 0 Å². The smallest absolute Gasteiger partial charge is 0.0650 e. The summed E-state index contributed by atoms with van der Waals surface area (Å²) in [5.41, 5.74) is 4.65. The van der Waals surface area contributed by atoms with E-state index in [2.05, 4.69) is 35.7 Å². The Kier molecular flexibility index (Phi) is 4.31. The van der Waals surface area contributed by atoms with Crippen molar-refractivity contribution in [2.75, 3.05) is 19.8 Å². The molecule has 1 unspecified atom stereocenters. The molecule has 102 valence electrons. The molecule has 1 aliphatic heterocycles. The first-order chi connectivity index (χ1) is 9.42. The van der Waals surface area contributed by atoms with Crippen LogP contribution in [0.3, 0.4) is 0 Å². The van der Waals surface area contributed by atoms with E-state index in [1.165, 1.54) is 31.2 Å². The van der Waals surface area contributed by atoms with Crippen LogP contribution in [0, 0.1) is 0 Å². The van der Waals surface area contributed by atoms with Gasteiger partial charge in [-0.25, -0.2) is 0 Å². The second-order valence-electron chi connectivity index (χ2n) is 5.60. The van der Waals surface area contributed by atoms with Crippen LogP contribution in [-0.4, -0.2) is 25.8 Å². The Hall–Kier alpha value is -1.12. The van der Waals surface area contributed by atoms with E-state index < -0.39 is 0 Å². The highest BCUT2D eigenvalue weighted by Crippen LogP contribution is 2.21. The van der Waals surface area contributed by atoms with Gasteiger partial charge in [-0.15, -0.1) is 0 Å². The third-order valence-electron chi connectivity index (χ3n) is 4.28. The molecule has 0 saturated heterocycles. The number of fused-ring (bicyclic) bond motifs is 1. The molecule has 1 atom stereocenters. The van der Waals surface area contributed by atoms with Gasteiger partial charge in [0, 0.05) is 6.04 Å². The summed E-state index contributed by atoms with van der Waals surface area (Å²) in [6.07, 6.45) is 8.25. The maximum absolute atomic E-state index is 5.34. The van der Waals surface area contributed by atoms with E-state index in [-0.39, 0.29) is 0 Å². The summed E-state index contributed by atoms with van der Waals surface area (Å²) in [7, 11) is 0. The summed E-state index contributed by atoms with van der Waals surface area (Å²) >= 11 is 0. The van der Waals surface area contributed by atoms with Crippen molar-refractivity contribution < 1.29 is 4.74 Å². The van der Waals surface area contributed by atoms with Crippen molar-refractivity contribution in [1.82, 2.24) is 5.32 Å². The van der Waals surface area contributed by atoms with Crippen LogP contribution >= 0.6 is 0 Å². The molecule has 1 aromatic carbocycles. The average Bonchev–Trinajstić information content (AvgIpc) is 2.48. The van der Waals surface area contributed by atoms with Crippen molar-refractivity contribution in [3.8, 4) is 0 Å². The molecule has 2 nitrogen and oxygen atoms in total. The number of benzene rings is 1. The number of nitrogens with one attached hydrogen (secondary N) is 1. The quantitative estimate of drug-likeness (QED) is 0.837. The highest BCUT2D eigenvalue weighted by molar-refractivity contribution is 5.30. The van der Waals surface area contributed by atoms with Crippen LogP contribution in [0.25, 0.3) is 0 Å². The van der Waals surface area contributed by atoms with Gasteiger partial charge in [0.25, 0.3) is 0 Å². The zero-order valence-corrected chi connectivity index (χ0v) is 11.5. The van der Waals surface area contributed by atoms with Crippen LogP contribution < -0.4 is 5.32 Å². The third kappa shape index (κ3) is 3.46. The molecule has 19 heavy (non-hydrogen) atoms. The second-order valence-corrected chi connectivity index (χ2v) is 5.60. The van der Waals surface area contributed by atoms with Gasteiger partial charge < -0.3 is 10.1 Å². The molecule has 0 fully saturated rings. The molecule has 2 aliphatic rings. The van der Waals surface area contributed by atoms with Gasteiger partial charge >= 0.3 is 0 Å². The van der Waals surface area contributed by atoms with E-state index in [0.717, 1.165) is 26.2 Å². The summed E-state index contributed by atoms with van der Waals surface area (Å²) in [5, 5.41) is 3.73. The molecule has 1 aliphatic carbocycles. The molecule has 1 heterocycles. The Labute approximate surface area is 115 Å². The molecule has 2 heteroatoms. The highest BCUT2D eigenvalue weighted by Gasteiger charge is 2.17. The number of hydrogen-bond acceptors (Lipinski definition) is 2. The fraction of sp³-hybridized carbons (Fsp3) is 0.529. The number of aryl methyl sites for hydroxylation is 1. The van der Waals surface area contributed by atoms with Gasteiger partial charge in [-0.2, -0.15) is 0 Å². The molecule has 1 N–H and O–H groups in total. The average molecular weight is 257 g/mol. The SMILES string of the molecule is C1=C(CCNC2CCc3ccccc3C2)CCOC1. The van der Waals surface area contributed by atoms with Crippen LogP contribution in [-0.2, 0) is 17.6 Å². The fourth-order valence-corrected chi connectivity index (χ4v) is 3.10. The van der Waals surface area contributed by atoms with Crippen molar-refractivity contribution in [3.63, 3.8) is 0 Å². The van der Waals surface area contributed by atoms with E-state index in [1.54, 1.807) is 11.1 Å². The molecular formula is C17H23NO. The van der Waals surface area contributed by atoms with Crippen molar-refractivity contribution in [1.29, 1.82) is 0 Å². The molecular weight excluding hydrogens is 234 g/mol. The molecule has 0 saturated carbocycles. The van der Waals surface area contributed by atoms with Crippen LogP contribution in [0.2, 0.25) is 0 Å². The minimum Gasteiger partial charge on any atom is -0.377 e. The molecule has 0 spiro atoms. The van der Waals surface area contributed by atoms with Crippen LogP contribution in [0.4, 0.5) is 0 Å². The van der Waals surface area contributed by atoms with Gasteiger partial charge in [0.15, 0.2) is 0 Å². The minimum absolute atomic E-state index is 0.662. The number of hydrogen-bond donors (Lipinski definition) is 1. The zero-order valence-electron chi connectivity index (χ0n) is 11.5. The lowest BCUT2D eigenvalue weighted by molar-refractivity contribution is 0.153. The van der Waals surface area contributed by atoms with Crippen LogP contribution in [0.1, 0.15) is 30.4 Å². The lowest BCUT2D eigenvalue weighted by Crippen LogP contribution is -2.35. The monoisotopic (exact) mass is 257 g/mol. The van der Waals surface area contributed by atoms with E-state index in [4.69, 9.17) is 4.74 Å². The van der Waals surface area contributed by atoms with Crippen molar-refractivity contribution in [2.24, 2.45) is 0 Å². The van der Waals surface area contributed by atoms with Crippen LogP contribution in [0.5, 0.6) is 0 Å². The van der Waals surface area contributed by atoms with E-state index in [9.17, 15) is 0 Å². The lowest BCUT2D eigenvalue weighted by Gasteiger charge is -2.26. The van der Waals surface area contributed by atoms with E-state index in [0.29, 0.717) is 6.04 Å². The fourth-order valence-electron chi connectivity index (χ4n) is 3.10. The Morgan fingerprint density at radius 3 is 2.89 bits per heavy atom.